The van der Waals surface area contributed by atoms with Gasteiger partial charge in [0, 0.05) is 15.7 Å². The number of hydrogen-bond acceptors (Lipinski definition) is 3. The molecule has 0 aromatic heterocycles. The highest BCUT2D eigenvalue weighted by Gasteiger charge is 2.63. The van der Waals surface area contributed by atoms with Crippen LogP contribution in [0.1, 0.15) is 6.92 Å². The summed E-state index contributed by atoms with van der Waals surface area (Å²) in [5.74, 6) is 0.522. The topological polar surface area (TPSA) is 17.1 Å². The van der Waals surface area contributed by atoms with Crippen LogP contribution in [-0.2, 0) is 4.79 Å². The summed E-state index contributed by atoms with van der Waals surface area (Å²) in [7, 11) is 0. The summed E-state index contributed by atoms with van der Waals surface area (Å²) in [6.45, 7) is 2.17. The molecule has 2 aromatic carbocycles. The van der Waals surface area contributed by atoms with Crippen LogP contribution in [0.15, 0.2) is 70.5 Å². The van der Waals surface area contributed by atoms with Crippen molar-refractivity contribution in [3.63, 3.8) is 0 Å². The predicted molar refractivity (Wildman–Crippen MR) is 86.0 cm³/mol. The van der Waals surface area contributed by atoms with Gasteiger partial charge in [0.1, 0.15) is 6.29 Å². The molecule has 0 aliphatic heterocycles. The number of aldehydes is 1. The van der Waals surface area contributed by atoms with E-state index in [0.29, 0.717) is 5.92 Å². The second-order valence-electron chi connectivity index (χ2n) is 5.00. The monoisotopic (exact) mass is 300 g/mol. The van der Waals surface area contributed by atoms with E-state index >= 15 is 0 Å². The molecule has 1 aliphatic rings. The lowest BCUT2D eigenvalue weighted by atomic mass is 10.4. The number of rotatable bonds is 5. The fourth-order valence-electron chi connectivity index (χ4n) is 2.43. The van der Waals surface area contributed by atoms with Gasteiger partial charge in [-0.15, -0.1) is 23.5 Å². The summed E-state index contributed by atoms with van der Waals surface area (Å²) in [5.41, 5.74) is 0. The highest BCUT2D eigenvalue weighted by molar-refractivity contribution is 8.18. The molecule has 0 amide bonds. The van der Waals surface area contributed by atoms with Crippen molar-refractivity contribution < 1.29 is 4.79 Å². The SMILES string of the molecule is C[C@@H]1[C@@H](C=O)C1(Sc1ccccc1)Sc1ccccc1. The molecule has 102 valence electrons. The van der Waals surface area contributed by atoms with Crippen LogP contribution in [0.5, 0.6) is 0 Å². The van der Waals surface area contributed by atoms with E-state index < -0.39 is 0 Å². The zero-order valence-corrected chi connectivity index (χ0v) is 12.9. The first kappa shape index (κ1) is 13.8. The first-order valence-electron chi connectivity index (χ1n) is 6.69. The van der Waals surface area contributed by atoms with Crippen LogP contribution in [-0.4, -0.2) is 10.4 Å². The van der Waals surface area contributed by atoms with E-state index in [2.05, 4.69) is 31.2 Å². The van der Waals surface area contributed by atoms with Gasteiger partial charge in [0.25, 0.3) is 0 Å². The van der Waals surface area contributed by atoms with E-state index in [0.717, 1.165) is 6.29 Å². The van der Waals surface area contributed by atoms with Crippen LogP contribution < -0.4 is 0 Å². The smallest absolute Gasteiger partial charge is 0.125 e. The Balaban J connectivity index is 1.85. The molecule has 3 rings (SSSR count). The summed E-state index contributed by atoms with van der Waals surface area (Å²) < 4.78 is -0.0511. The standard InChI is InChI=1S/C17H16OS2/c1-13-16(12-18)17(13,19-14-8-4-2-5-9-14)20-15-10-6-3-7-11-15/h2-13,16H,1H3/t13-,16-/m1/s1. The van der Waals surface area contributed by atoms with Crippen molar-refractivity contribution in [2.75, 3.05) is 0 Å². The Morgan fingerprint density at radius 2 is 1.35 bits per heavy atom. The van der Waals surface area contributed by atoms with Crippen molar-refractivity contribution in [2.24, 2.45) is 11.8 Å². The van der Waals surface area contributed by atoms with Crippen molar-refractivity contribution in [3.05, 3.63) is 60.7 Å². The summed E-state index contributed by atoms with van der Waals surface area (Å²) in [6, 6.07) is 20.7. The van der Waals surface area contributed by atoms with E-state index in [4.69, 9.17) is 0 Å². The predicted octanol–water partition coefficient (Wildman–Crippen LogP) is 4.73. The van der Waals surface area contributed by atoms with Gasteiger partial charge >= 0.3 is 0 Å². The highest BCUT2D eigenvalue weighted by atomic mass is 32.2. The van der Waals surface area contributed by atoms with E-state index in [9.17, 15) is 4.79 Å². The number of carbonyl (C=O) groups is 1. The van der Waals surface area contributed by atoms with Gasteiger partial charge in [-0.3, -0.25) is 0 Å². The molecule has 0 radical (unpaired) electrons. The molecule has 0 unspecified atom stereocenters. The Bertz CT molecular complexity index is 541. The maximum atomic E-state index is 11.3. The third-order valence-corrected chi connectivity index (χ3v) is 7.16. The minimum absolute atomic E-state index is 0.0511. The lowest BCUT2D eigenvalue weighted by molar-refractivity contribution is -0.109. The quantitative estimate of drug-likeness (QED) is 0.587. The average Bonchev–Trinajstić information content (AvgIpc) is 3.03. The zero-order chi connectivity index (χ0) is 14.0. The molecule has 2 aromatic rings. The number of thioether (sulfide) groups is 2. The average molecular weight is 300 g/mol. The van der Waals surface area contributed by atoms with Crippen LogP contribution in [0.2, 0.25) is 0 Å². The number of carbonyl (C=O) groups excluding carboxylic acids is 1. The largest absolute Gasteiger partial charge is 0.303 e. The van der Waals surface area contributed by atoms with Gasteiger partial charge in [-0.05, 0) is 30.2 Å². The molecule has 0 saturated heterocycles. The van der Waals surface area contributed by atoms with Gasteiger partial charge in [-0.1, -0.05) is 43.3 Å². The molecule has 3 heteroatoms. The van der Waals surface area contributed by atoms with Crippen molar-refractivity contribution >= 4 is 29.8 Å². The maximum Gasteiger partial charge on any atom is 0.125 e. The van der Waals surface area contributed by atoms with E-state index in [-0.39, 0.29) is 10.00 Å². The Kier molecular flexibility index (Phi) is 3.90. The van der Waals surface area contributed by atoms with Crippen LogP contribution in [0.4, 0.5) is 0 Å². The third-order valence-electron chi connectivity index (χ3n) is 3.72. The van der Waals surface area contributed by atoms with Crippen LogP contribution in [0, 0.1) is 11.8 Å². The minimum Gasteiger partial charge on any atom is -0.303 e. The third kappa shape index (κ3) is 2.52. The maximum absolute atomic E-state index is 11.3. The Labute approximate surface area is 128 Å². The number of benzene rings is 2. The second kappa shape index (κ2) is 5.66. The molecule has 0 spiro atoms. The summed E-state index contributed by atoms with van der Waals surface area (Å²) in [6.07, 6.45) is 1.12. The molecule has 1 aliphatic carbocycles. The Hall–Kier alpha value is -1.19. The Morgan fingerprint density at radius 3 is 1.70 bits per heavy atom. The van der Waals surface area contributed by atoms with Crippen LogP contribution >= 0.6 is 23.5 Å². The molecule has 20 heavy (non-hydrogen) atoms. The van der Waals surface area contributed by atoms with E-state index in [1.165, 1.54) is 9.79 Å². The lowest BCUT2D eigenvalue weighted by Gasteiger charge is -2.16. The molecule has 0 heterocycles. The molecule has 1 saturated carbocycles. The normalized spacial score (nSPS) is 23.2. The Morgan fingerprint density at radius 1 is 0.900 bits per heavy atom. The molecular formula is C17H16OS2. The van der Waals surface area contributed by atoms with Gasteiger partial charge in [0.15, 0.2) is 0 Å². The fourth-order valence-corrected chi connectivity index (χ4v) is 5.82. The molecular weight excluding hydrogens is 284 g/mol. The first-order valence-corrected chi connectivity index (χ1v) is 8.33. The van der Waals surface area contributed by atoms with Crippen molar-refractivity contribution in [1.82, 2.24) is 0 Å². The fraction of sp³-hybridized carbons (Fsp3) is 0.235. The van der Waals surface area contributed by atoms with Crippen LogP contribution in [0.25, 0.3) is 0 Å². The van der Waals surface area contributed by atoms with Crippen molar-refractivity contribution in [3.8, 4) is 0 Å². The highest BCUT2D eigenvalue weighted by Crippen LogP contribution is 2.68. The molecule has 1 nitrogen and oxygen atoms in total. The van der Waals surface area contributed by atoms with Crippen LogP contribution in [0.3, 0.4) is 0 Å². The summed E-state index contributed by atoms with van der Waals surface area (Å²) in [4.78, 5) is 13.8. The summed E-state index contributed by atoms with van der Waals surface area (Å²) >= 11 is 3.65. The van der Waals surface area contributed by atoms with E-state index in [1.807, 2.05) is 59.9 Å². The van der Waals surface area contributed by atoms with Gasteiger partial charge in [0.2, 0.25) is 0 Å². The van der Waals surface area contributed by atoms with Gasteiger partial charge in [0.05, 0.1) is 4.08 Å². The molecule has 1 fully saturated rings. The van der Waals surface area contributed by atoms with Gasteiger partial charge in [-0.2, -0.15) is 0 Å². The lowest BCUT2D eigenvalue weighted by Crippen LogP contribution is -2.03. The second-order valence-corrected chi connectivity index (χ2v) is 7.96. The zero-order valence-electron chi connectivity index (χ0n) is 11.2. The van der Waals surface area contributed by atoms with Crippen molar-refractivity contribution in [2.45, 2.75) is 20.8 Å². The van der Waals surface area contributed by atoms with E-state index in [1.54, 1.807) is 0 Å². The van der Waals surface area contributed by atoms with Gasteiger partial charge in [-0.25, -0.2) is 0 Å². The van der Waals surface area contributed by atoms with Gasteiger partial charge < -0.3 is 4.79 Å². The number of hydrogen-bond donors (Lipinski definition) is 0. The van der Waals surface area contributed by atoms with Crippen molar-refractivity contribution in [1.29, 1.82) is 0 Å². The molecule has 2 atom stereocenters. The molecule has 0 bridgehead atoms. The molecule has 0 N–H and O–H groups in total. The minimum atomic E-state index is -0.0511. The summed E-state index contributed by atoms with van der Waals surface area (Å²) in [5, 5.41) is 0. The first-order chi connectivity index (χ1) is 9.76.